The van der Waals surface area contributed by atoms with Gasteiger partial charge >= 0.3 is 0 Å². The zero-order valence-corrected chi connectivity index (χ0v) is 77.3. The molecule has 139 heavy (non-hydrogen) atoms. The van der Waals surface area contributed by atoms with Gasteiger partial charge in [-0.3, -0.25) is 0 Å². The van der Waals surface area contributed by atoms with E-state index in [2.05, 4.69) is 0 Å². The number of hydrogen-bond donors (Lipinski definition) is 0. The third kappa shape index (κ3) is 16.5. The SMILES string of the molecule is [2H]c1c([2H])c(C(C)(C)C)c([2H])c2c1Oc1cc(N(c3c([2H])c([2H])c(C(C)(C)C)c([2H])c3[2H])c3c([2H])c([2H])c(C(C)(C)C)c([2H])c3[2H])cc3c1B2c1c([2H])c(C(C)(C)C)c([2H])c([2H])c1N3c1c([2H])c([2H])c(C(C)(C)C)c([2H])c1[2H].[2H]c1c([2H])c([2H])c(-c2c([2H])c(-c3c([2H])c([2H])c([2H])c([2H])c3[2H])c([2H])c(N3c4cccc5c4B(c4c([2H])c([2H])c([2H])c([2H])c4O5)c4c([2H])c([2H])c([2H])c([2H])c43)c2[2H])c([2H])c1[2H].[2H]c1c([2H])c([2H])c(N2c3cccc4c3B(c3c([2H])c([2H])c([2H])c([2H])c3O4)c3c([2H])c([2H])c(N(c4c([2H])c([2H])c([2H])c([2H])c4[2H])c4c([2H])c([2H])c([2H])c([2H])c4[2H])c([2H])c32)c([2H])c1[2H]. The fourth-order valence-electron chi connectivity index (χ4n) is 16.9. The highest BCUT2D eigenvalue weighted by atomic mass is 16.5. The average Bonchev–Trinajstić information content (AvgIpc) is 0.680. The van der Waals surface area contributed by atoms with Crippen LogP contribution in [0.1, 0.15) is 215 Å². The maximum atomic E-state index is 10.2. The van der Waals surface area contributed by atoms with E-state index in [1.807, 2.05) is 0 Å². The van der Waals surface area contributed by atoms with Crippen molar-refractivity contribution in [2.75, 3.05) is 24.5 Å². The third-order valence-corrected chi connectivity index (χ3v) is 23.6. The lowest BCUT2D eigenvalue weighted by atomic mass is 9.33. The van der Waals surface area contributed by atoms with Gasteiger partial charge in [0.25, 0.3) is 20.1 Å². The quantitative estimate of drug-likeness (QED) is 0.119. The van der Waals surface area contributed by atoms with Crippen molar-refractivity contribution in [3.8, 4) is 56.8 Å². The second-order valence-corrected chi connectivity index (χ2v) is 38.1. The highest BCUT2D eigenvalue weighted by Crippen LogP contribution is 2.51. The normalized spacial score (nSPS) is 19.4. The van der Waals surface area contributed by atoms with Crippen molar-refractivity contribution >= 4 is 155 Å². The number of anilines is 15. The van der Waals surface area contributed by atoms with Gasteiger partial charge in [-0.15, -0.1) is 0 Å². The standard InChI is InChI=1S/C56H65BN2O.C36H25BN2O.C36H24BNO/c1-52(2,3)36-16-24-41(25-17-36)58(42-26-18-37(19-27-42)53(4,5)6)44-34-48-51-50(35-44)60-49-31-23-40(56(13,14)15)33-46(49)57(51)45-32-39(55(10,11)12)22-30-47(45)59(48)43-28-20-38(21-29-43)54(7,8)9;1-4-13-26(14-5-1)38(27-15-6-2-7-16-27)29-23-24-30-33(25-29)39(28-17-8-3-9-18-28)32-20-12-22-35-36(32)37(30)31-19-10-11-21-34(31)40-35;1-3-12-25(13-4-1)27-22-28(26-14-5-2-6-15-26)24-29(23-27)38-32-18-9-7-16-30(32)37-31-17-8-10-20-34(31)39-35-21-11-19-33(38)36(35)37/h16-35H,1-15H3;1-25H;1-24H/i16D,17D,18D,19D,20D,21D,22D,23D,24D,25D,26D,27D,28D,29D,30D,31D,32D,33D;1D,2D,3D,4D,5D,6D,7D,8D,9D,10D,11D,13D,14D,15D,16D,17D,18D,19D,21D,23D,24D,25D;1D,2D,3D,4D,5D,6D,7D,8D,9D,10D,12D,13D,14D,15D,16D,17D,18D,20D,22D,23D,24D. The van der Waals surface area contributed by atoms with Crippen LogP contribution in [0, 0.1) is 0 Å². The molecule has 0 bridgehead atoms. The minimum atomic E-state index is -1.51. The topological polar surface area (TPSA) is 43.9 Å². The van der Waals surface area contributed by atoms with Gasteiger partial charge in [0.1, 0.15) is 34.5 Å². The Morgan fingerprint density at radius 3 is 1.07 bits per heavy atom. The van der Waals surface area contributed by atoms with Gasteiger partial charge in [-0.2, -0.15) is 0 Å². The zero-order chi connectivity index (χ0) is 149. The second-order valence-electron chi connectivity index (χ2n) is 38.1. The molecule has 24 rings (SSSR count). The van der Waals surface area contributed by atoms with Crippen LogP contribution in [-0.2, 0) is 27.1 Å². The molecule has 0 aromatic heterocycles. The lowest BCUT2D eigenvalue weighted by Gasteiger charge is -2.42. The summed E-state index contributed by atoms with van der Waals surface area (Å²) in [5, 5.41) is 0. The number of rotatable bonds is 11. The lowest BCUT2D eigenvalue weighted by Crippen LogP contribution is -2.60. The van der Waals surface area contributed by atoms with Crippen molar-refractivity contribution in [2.24, 2.45) is 0 Å². The lowest BCUT2D eigenvalue weighted by molar-refractivity contribution is 0.486. The molecule has 678 valence electrons. The summed E-state index contributed by atoms with van der Waals surface area (Å²) in [6, 6.07) is -33.6. The average molecular weight is 1860 g/mol. The van der Waals surface area contributed by atoms with E-state index in [1.54, 1.807) is 104 Å². The molecule has 0 fully saturated rings. The summed E-state index contributed by atoms with van der Waals surface area (Å²) in [6.45, 7) is 22.0. The largest absolute Gasteiger partial charge is 0.458 e. The first-order valence-corrected chi connectivity index (χ1v) is 44.1. The molecule has 6 heterocycles. The number of hydrogen-bond acceptors (Lipinski definition) is 8. The molecule has 0 amide bonds. The molecule has 0 saturated heterocycles. The number of benzene rings is 18. The molecule has 0 unspecified atom stereocenters. The smallest absolute Gasteiger partial charge is 0.256 e. The van der Waals surface area contributed by atoms with E-state index in [4.69, 9.17) is 62.2 Å². The summed E-state index contributed by atoms with van der Waals surface area (Å²) in [7, 11) is 0. The minimum Gasteiger partial charge on any atom is -0.458 e. The van der Waals surface area contributed by atoms with Crippen LogP contribution in [0.5, 0.6) is 34.5 Å². The first kappa shape index (κ1) is 43.9. The summed E-state index contributed by atoms with van der Waals surface area (Å²) in [4.78, 5) is 4.84. The molecule has 0 saturated carbocycles. The Labute approximate surface area is 907 Å². The molecule has 11 heteroatoms. The van der Waals surface area contributed by atoms with E-state index < -0.39 is 482 Å². The van der Waals surface area contributed by atoms with Crippen molar-refractivity contribution in [3.63, 3.8) is 0 Å². The maximum absolute atomic E-state index is 10.2. The van der Waals surface area contributed by atoms with E-state index in [1.165, 1.54) is 53.4 Å². The first-order chi connectivity index (χ1) is 92.5. The van der Waals surface area contributed by atoms with Gasteiger partial charge in [0.2, 0.25) is 0 Å². The number of para-hydroxylation sites is 6. The Kier molecular flexibility index (Phi) is 11.0. The van der Waals surface area contributed by atoms with Crippen LogP contribution < -0.4 is 87.9 Å². The molecule has 8 nitrogen and oxygen atoms in total. The number of ether oxygens (including phenoxy) is 3. The van der Waals surface area contributed by atoms with Gasteiger partial charge in [-0.25, -0.2) is 0 Å². The fraction of sp³-hybridized carbons (Fsp3) is 0.156. The van der Waals surface area contributed by atoms with Crippen LogP contribution in [-0.4, -0.2) is 20.1 Å². The predicted octanol–water partition coefficient (Wildman–Crippen LogP) is 29.0. The molecule has 0 aliphatic carbocycles. The Bertz CT molecular complexity index is 11300. The van der Waals surface area contributed by atoms with Crippen molar-refractivity contribution < 1.29 is 97.8 Å². The van der Waals surface area contributed by atoms with Gasteiger partial charge < -0.3 is 38.7 Å². The third-order valence-electron chi connectivity index (χ3n) is 23.6. The van der Waals surface area contributed by atoms with Crippen LogP contribution in [0.4, 0.5) is 85.3 Å². The van der Waals surface area contributed by atoms with Crippen molar-refractivity contribution in [3.05, 3.63) is 445 Å². The van der Waals surface area contributed by atoms with E-state index >= 15 is 0 Å². The molecular weight excluding hydrogens is 1690 g/mol. The summed E-state index contributed by atoms with van der Waals surface area (Å²) < 4.78 is 572. The Balaban J connectivity index is 0.000000161. The molecular formula is C128H114B3N5O3. The van der Waals surface area contributed by atoms with E-state index in [0.717, 1.165) is 14.7 Å². The van der Waals surface area contributed by atoms with Crippen molar-refractivity contribution in [1.82, 2.24) is 0 Å². The Morgan fingerprint density at radius 1 is 0.216 bits per heavy atom. The van der Waals surface area contributed by atoms with Crippen molar-refractivity contribution in [1.29, 1.82) is 0 Å². The molecule has 6 aliphatic heterocycles. The van der Waals surface area contributed by atoms with Crippen molar-refractivity contribution in [2.45, 2.75) is 131 Å². The summed E-state index contributed by atoms with van der Waals surface area (Å²) >= 11 is 0. The summed E-state index contributed by atoms with van der Waals surface area (Å²) in [5.41, 5.74) is -15.3. The van der Waals surface area contributed by atoms with Gasteiger partial charge in [0.15, 0.2) is 0 Å². The van der Waals surface area contributed by atoms with E-state index in [-0.39, 0.29) is 153 Å². The molecule has 6 aliphatic rings. The zero-order valence-electron chi connectivity index (χ0n) is 138. The van der Waals surface area contributed by atoms with E-state index in [0.29, 0.717) is 4.90 Å². The fourth-order valence-corrected chi connectivity index (χ4v) is 16.9. The van der Waals surface area contributed by atoms with Crippen LogP contribution in [0.3, 0.4) is 0 Å². The molecule has 18 aromatic carbocycles. The van der Waals surface area contributed by atoms with Crippen LogP contribution in [0.25, 0.3) is 22.3 Å². The van der Waals surface area contributed by atoms with Gasteiger partial charge in [0, 0.05) is 85.7 Å². The summed E-state index contributed by atoms with van der Waals surface area (Å²) in [6.07, 6.45) is 0. The highest BCUT2D eigenvalue weighted by Gasteiger charge is 2.47. The Hall–Kier alpha value is -15.4. The minimum absolute atomic E-state index is 0.000729. The monoisotopic (exact) mass is 1860 g/mol. The number of fused-ring (bicyclic) bond motifs is 12. The van der Waals surface area contributed by atoms with Gasteiger partial charge in [0.05, 0.1) is 89.3 Å². The molecule has 18 aromatic rings. The number of nitrogens with zero attached hydrogens (tertiary/aromatic N) is 5. The molecule has 0 atom stereocenters. The molecule has 0 radical (unpaired) electrons. The molecule has 0 N–H and O–H groups in total. The first-order valence-electron chi connectivity index (χ1n) is 74.6. The van der Waals surface area contributed by atoms with Crippen LogP contribution in [0.2, 0.25) is 0 Å². The Morgan fingerprint density at radius 2 is 0.568 bits per heavy atom. The second kappa shape index (κ2) is 35.0. The van der Waals surface area contributed by atoms with Crippen LogP contribution >= 0.6 is 0 Å². The maximum Gasteiger partial charge on any atom is 0.256 e. The summed E-state index contributed by atoms with van der Waals surface area (Å²) in [5.74, 6) is -1.28. The van der Waals surface area contributed by atoms with Crippen LogP contribution in [0.15, 0.2) is 417 Å². The van der Waals surface area contributed by atoms with Gasteiger partial charge in [-0.1, -0.05) is 352 Å². The van der Waals surface area contributed by atoms with E-state index in [9.17, 15) is 35.6 Å². The predicted molar refractivity (Wildman–Crippen MR) is 591 cm³/mol. The highest BCUT2D eigenvalue weighted by molar-refractivity contribution is 7.01. The molecule has 0 spiro atoms. The van der Waals surface area contributed by atoms with Gasteiger partial charge in [-0.05, 0) is 290 Å².